The Hall–Kier alpha value is -4.25. The van der Waals surface area contributed by atoms with E-state index >= 15 is 0 Å². The minimum atomic E-state index is -5.00. The largest absolute Gasteiger partial charge is 0.346 e. The Morgan fingerprint density at radius 3 is 2.25 bits per heavy atom. The van der Waals surface area contributed by atoms with Crippen molar-refractivity contribution in [3.63, 3.8) is 0 Å². The summed E-state index contributed by atoms with van der Waals surface area (Å²) in [7, 11) is -5.00. The van der Waals surface area contributed by atoms with Crippen LogP contribution in [-0.2, 0) is 16.8 Å². The number of nitrogens with zero attached hydrogens (tertiary/aromatic N) is 2. The zero-order chi connectivity index (χ0) is 26.0. The van der Waals surface area contributed by atoms with E-state index < -0.39 is 55.9 Å². The first-order valence-corrected chi connectivity index (χ1v) is 11.9. The van der Waals surface area contributed by atoms with Gasteiger partial charge in [-0.15, -0.1) is 3.89 Å². The molecule has 0 saturated carbocycles. The van der Waals surface area contributed by atoms with Crippen molar-refractivity contribution < 1.29 is 25.9 Å². The summed E-state index contributed by atoms with van der Waals surface area (Å²) in [6.45, 7) is 1.06. The summed E-state index contributed by atoms with van der Waals surface area (Å²) >= 11 is 0. The van der Waals surface area contributed by atoms with Crippen molar-refractivity contribution in [3.05, 3.63) is 112 Å². The van der Waals surface area contributed by atoms with Crippen molar-refractivity contribution in [1.29, 1.82) is 0 Å². The van der Waals surface area contributed by atoms with Gasteiger partial charge in [-0.05, 0) is 54.4 Å². The Morgan fingerprint density at radius 2 is 1.61 bits per heavy atom. The first kappa shape index (κ1) is 24.9. The van der Waals surface area contributed by atoms with E-state index in [9.17, 15) is 30.7 Å². The third-order valence-corrected chi connectivity index (χ3v) is 6.16. The van der Waals surface area contributed by atoms with Crippen LogP contribution in [0.4, 0.5) is 12.7 Å². The number of carbonyl (C=O) groups excluding carboxylic acids is 1. The monoisotopic (exact) mass is 513 g/mol. The maximum absolute atomic E-state index is 14.7. The lowest BCUT2D eigenvalue weighted by molar-refractivity contribution is 0.0942. The second kappa shape index (κ2) is 9.78. The van der Waals surface area contributed by atoms with Crippen molar-refractivity contribution in [2.45, 2.75) is 18.4 Å². The highest BCUT2D eigenvalue weighted by atomic mass is 32.3. The number of amides is 1. The van der Waals surface area contributed by atoms with E-state index in [2.05, 4.69) is 10.4 Å². The molecule has 0 aliphatic carbocycles. The van der Waals surface area contributed by atoms with Crippen molar-refractivity contribution >= 4 is 16.1 Å². The molecule has 4 aromatic rings. The molecule has 0 unspecified atom stereocenters. The molecule has 4 rings (SSSR count). The van der Waals surface area contributed by atoms with E-state index in [1.54, 1.807) is 37.3 Å². The summed E-state index contributed by atoms with van der Waals surface area (Å²) in [6, 6.07) is 16.4. The molecule has 3 aromatic carbocycles. The number of nitrogens with one attached hydrogen (secondary N) is 1. The van der Waals surface area contributed by atoms with Gasteiger partial charge >= 0.3 is 10.2 Å². The van der Waals surface area contributed by atoms with Gasteiger partial charge < -0.3 is 5.32 Å². The fourth-order valence-electron chi connectivity index (χ4n) is 3.55. The second-order valence-corrected chi connectivity index (χ2v) is 9.16. The molecule has 184 valence electrons. The minimum absolute atomic E-state index is 0.0310. The van der Waals surface area contributed by atoms with Crippen LogP contribution < -0.4 is 10.7 Å². The molecule has 0 aliphatic rings. The number of hydrogen-bond donors (Lipinski definition) is 1. The van der Waals surface area contributed by atoms with Crippen molar-refractivity contribution in [2.75, 3.05) is 0 Å². The molecule has 1 N–H and O–H groups in total. The van der Waals surface area contributed by atoms with Gasteiger partial charge in [-0.1, -0.05) is 30.3 Å². The molecule has 1 heterocycles. The Bertz CT molecular complexity index is 1620. The number of benzene rings is 3. The number of aryl methyl sites for hydroxylation is 1. The van der Waals surface area contributed by atoms with E-state index in [0.717, 1.165) is 24.3 Å². The first-order chi connectivity index (χ1) is 17.0. The maximum Gasteiger partial charge on any atom is 0.332 e. The fourth-order valence-corrected chi connectivity index (χ4v) is 4.06. The van der Waals surface area contributed by atoms with Crippen LogP contribution in [0.5, 0.6) is 0 Å². The zero-order valence-electron chi connectivity index (χ0n) is 18.7. The summed E-state index contributed by atoms with van der Waals surface area (Å²) in [6.07, 6.45) is 0. The predicted octanol–water partition coefficient (Wildman–Crippen LogP) is 4.07. The van der Waals surface area contributed by atoms with Crippen molar-refractivity contribution in [1.82, 2.24) is 15.1 Å². The highest BCUT2D eigenvalue weighted by Gasteiger charge is 2.19. The summed E-state index contributed by atoms with van der Waals surface area (Å²) < 4.78 is 66.4. The lowest BCUT2D eigenvalue weighted by atomic mass is 10.0. The fraction of sp³-hybridized carbons (Fsp3) is 0.0800. The lowest BCUT2D eigenvalue weighted by Crippen LogP contribution is -2.32. The first-order valence-electron chi connectivity index (χ1n) is 10.5. The number of halogens is 3. The van der Waals surface area contributed by atoms with Crippen LogP contribution >= 0.6 is 0 Å². The van der Waals surface area contributed by atoms with Crippen LogP contribution in [0.3, 0.4) is 0 Å². The summed E-state index contributed by atoms with van der Waals surface area (Å²) in [5, 5.41) is 6.41. The highest BCUT2D eigenvalue weighted by molar-refractivity contribution is 7.86. The Morgan fingerprint density at radius 1 is 0.944 bits per heavy atom. The molecule has 7 nitrogen and oxygen atoms in total. The predicted molar refractivity (Wildman–Crippen MR) is 126 cm³/mol. The maximum atomic E-state index is 14.7. The van der Waals surface area contributed by atoms with Gasteiger partial charge in [-0.2, -0.15) is 13.5 Å². The highest BCUT2D eigenvalue weighted by Crippen LogP contribution is 2.27. The molecule has 1 amide bonds. The van der Waals surface area contributed by atoms with Gasteiger partial charge in [0.15, 0.2) is 5.69 Å². The molecule has 0 radical (unpaired) electrons. The second-order valence-electron chi connectivity index (χ2n) is 7.81. The molecule has 0 atom stereocenters. The Balaban J connectivity index is 1.58. The van der Waals surface area contributed by atoms with E-state index in [0.29, 0.717) is 11.4 Å². The molecule has 0 bridgehead atoms. The topological polar surface area (TPSA) is 98.1 Å². The van der Waals surface area contributed by atoms with Crippen molar-refractivity contribution in [2.24, 2.45) is 0 Å². The van der Waals surface area contributed by atoms with Gasteiger partial charge in [-0.25, -0.2) is 13.5 Å². The van der Waals surface area contributed by atoms with E-state index in [1.165, 1.54) is 22.9 Å². The van der Waals surface area contributed by atoms with E-state index in [-0.39, 0.29) is 11.1 Å². The standard InChI is InChI=1S/C25H18F3N3O4S/c1-15-10-23(32)24(30-31(15)18-7-3-2-4-8-18)25(33)29-14-20-21(26)12-17(13-22(20)27)16-6-5-9-19(11-16)36(28,34)35/h2-13H,14H2,1H3,(H,29,33). The normalized spacial score (nSPS) is 11.3. The molecule has 0 spiro atoms. The molecule has 1 aromatic heterocycles. The third kappa shape index (κ3) is 5.20. The molecule has 0 fully saturated rings. The van der Waals surface area contributed by atoms with Crippen LogP contribution in [-0.4, -0.2) is 24.1 Å². The molecule has 0 aliphatic heterocycles. The average molecular weight is 513 g/mol. The smallest absolute Gasteiger partial charge is 0.332 e. The quantitative estimate of drug-likeness (QED) is 0.392. The number of rotatable bonds is 6. The van der Waals surface area contributed by atoms with Crippen LogP contribution in [0.15, 0.2) is 82.5 Å². The van der Waals surface area contributed by atoms with Gasteiger partial charge in [0.2, 0.25) is 5.43 Å². The third-order valence-electron chi connectivity index (χ3n) is 5.34. The van der Waals surface area contributed by atoms with Gasteiger partial charge in [-0.3, -0.25) is 9.59 Å². The molecule has 0 saturated heterocycles. The number of carbonyl (C=O) groups is 1. The van der Waals surface area contributed by atoms with Crippen LogP contribution in [0.1, 0.15) is 21.7 Å². The van der Waals surface area contributed by atoms with Gasteiger partial charge in [0.25, 0.3) is 5.91 Å². The van der Waals surface area contributed by atoms with E-state index in [1.807, 2.05) is 0 Å². The van der Waals surface area contributed by atoms with Gasteiger partial charge in [0.05, 0.1) is 10.6 Å². The average Bonchev–Trinajstić information content (AvgIpc) is 2.83. The molecular weight excluding hydrogens is 495 g/mol. The van der Waals surface area contributed by atoms with Gasteiger partial charge in [0.1, 0.15) is 11.6 Å². The van der Waals surface area contributed by atoms with E-state index in [4.69, 9.17) is 0 Å². The van der Waals surface area contributed by atoms with Crippen LogP contribution in [0, 0.1) is 18.6 Å². The van der Waals surface area contributed by atoms with Gasteiger partial charge in [0, 0.05) is 23.9 Å². The number of hydrogen-bond acceptors (Lipinski definition) is 5. The minimum Gasteiger partial charge on any atom is -0.346 e. The SMILES string of the molecule is Cc1cc(=O)c(C(=O)NCc2c(F)cc(-c3cccc(S(=O)(=O)F)c3)cc2F)nn1-c1ccccc1. The van der Waals surface area contributed by atoms with Crippen LogP contribution in [0.2, 0.25) is 0 Å². The Labute approximate surface area is 204 Å². The molecule has 11 heteroatoms. The Kier molecular flexibility index (Phi) is 6.75. The van der Waals surface area contributed by atoms with Crippen LogP contribution in [0.25, 0.3) is 16.8 Å². The summed E-state index contributed by atoms with van der Waals surface area (Å²) in [4.78, 5) is 24.4. The lowest BCUT2D eigenvalue weighted by Gasteiger charge is -2.12. The molecule has 36 heavy (non-hydrogen) atoms. The zero-order valence-corrected chi connectivity index (χ0v) is 19.5. The summed E-state index contributed by atoms with van der Waals surface area (Å²) in [5.41, 5.74) is -0.454. The van der Waals surface area contributed by atoms with Crippen molar-refractivity contribution in [3.8, 4) is 16.8 Å². The molecular formula is C25H18F3N3O4S. The number of para-hydroxylation sites is 1. The number of aromatic nitrogens is 2. The summed E-state index contributed by atoms with van der Waals surface area (Å²) in [5.74, 6) is -2.98.